The van der Waals surface area contributed by atoms with Gasteiger partial charge in [0, 0.05) is 16.3 Å². The molecule has 2 amide bonds. The summed E-state index contributed by atoms with van der Waals surface area (Å²) in [7, 11) is 0. The van der Waals surface area contributed by atoms with Crippen LogP contribution in [0.15, 0.2) is 77.9 Å². The molecule has 0 unspecified atom stereocenters. The van der Waals surface area contributed by atoms with Gasteiger partial charge < -0.3 is 14.8 Å². The van der Waals surface area contributed by atoms with E-state index < -0.39 is 0 Å². The fourth-order valence-electron chi connectivity index (χ4n) is 2.63. The van der Waals surface area contributed by atoms with Gasteiger partial charge in [-0.05, 0) is 85.3 Å². The maximum atomic E-state index is 12.1. The quantitative estimate of drug-likeness (QED) is 0.370. The number of benzene rings is 3. The second-order valence-electron chi connectivity index (χ2n) is 6.57. The van der Waals surface area contributed by atoms with Gasteiger partial charge in [0.2, 0.25) is 0 Å². The smallest absolute Gasteiger partial charge is 0.271 e. The van der Waals surface area contributed by atoms with Crippen molar-refractivity contribution in [3.05, 3.63) is 88.9 Å². The molecule has 0 atom stereocenters. The van der Waals surface area contributed by atoms with Crippen LogP contribution in [0.5, 0.6) is 11.5 Å². The van der Waals surface area contributed by atoms with E-state index in [0.717, 1.165) is 11.3 Å². The Labute approximate surface area is 191 Å². The zero-order valence-electron chi connectivity index (χ0n) is 17.4. The van der Waals surface area contributed by atoms with Crippen molar-refractivity contribution >= 4 is 35.3 Å². The SMILES string of the molecule is CCOc1ccc(NC(=O)COc2ccc(/C=N\NC(=O)c3ccc(Cl)cc3)cc2)cc1. The average Bonchev–Trinajstić information content (AvgIpc) is 2.80. The summed E-state index contributed by atoms with van der Waals surface area (Å²) in [6, 6.07) is 20.6. The van der Waals surface area contributed by atoms with Gasteiger partial charge in [0.25, 0.3) is 11.8 Å². The fraction of sp³-hybridized carbons (Fsp3) is 0.125. The minimum absolute atomic E-state index is 0.127. The second kappa shape index (κ2) is 11.5. The number of ether oxygens (including phenoxy) is 2. The molecular formula is C24H22ClN3O4. The summed E-state index contributed by atoms with van der Waals surface area (Å²) in [5.74, 6) is 0.672. The Morgan fingerprint density at radius 3 is 2.19 bits per heavy atom. The van der Waals surface area contributed by atoms with Crippen LogP contribution in [0.2, 0.25) is 5.02 Å². The summed E-state index contributed by atoms with van der Waals surface area (Å²) in [5.41, 5.74) is 4.33. The van der Waals surface area contributed by atoms with Crippen molar-refractivity contribution in [1.82, 2.24) is 5.43 Å². The summed E-state index contributed by atoms with van der Waals surface area (Å²) in [6.07, 6.45) is 1.51. The van der Waals surface area contributed by atoms with Gasteiger partial charge in [-0.3, -0.25) is 9.59 Å². The van der Waals surface area contributed by atoms with Crippen molar-refractivity contribution in [2.24, 2.45) is 5.10 Å². The monoisotopic (exact) mass is 451 g/mol. The fourth-order valence-corrected chi connectivity index (χ4v) is 2.75. The molecule has 0 aliphatic carbocycles. The summed E-state index contributed by atoms with van der Waals surface area (Å²) in [4.78, 5) is 24.1. The first-order valence-electron chi connectivity index (χ1n) is 9.88. The maximum Gasteiger partial charge on any atom is 0.271 e. The van der Waals surface area contributed by atoms with E-state index in [0.29, 0.717) is 28.6 Å². The third-order valence-corrected chi connectivity index (χ3v) is 4.44. The van der Waals surface area contributed by atoms with Crippen LogP contribution >= 0.6 is 11.6 Å². The molecule has 0 saturated heterocycles. The highest BCUT2D eigenvalue weighted by atomic mass is 35.5. The largest absolute Gasteiger partial charge is 0.494 e. The number of nitrogens with one attached hydrogen (secondary N) is 2. The molecule has 164 valence electrons. The van der Waals surface area contributed by atoms with E-state index >= 15 is 0 Å². The van der Waals surface area contributed by atoms with Crippen LogP contribution in [0, 0.1) is 0 Å². The topological polar surface area (TPSA) is 89.0 Å². The molecule has 0 saturated carbocycles. The lowest BCUT2D eigenvalue weighted by Crippen LogP contribution is -2.20. The van der Waals surface area contributed by atoms with Crippen molar-refractivity contribution in [3.8, 4) is 11.5 Å². The van der Waals surface area contributed by atoms with Crippen LogP contribution in [0.4, 0.5) is 5.69 Å². The van der Waals surface area contributed by atoms with Crippen molar-refractivity contribution in [3.63, 3.8) is 0 Å². The Bertz CT molecular complexity index is 1070. The van der Waals surface area contributed by atoms with Crippen molar-refractivity contribution in [1.29, 1.82) is 0 Å². The van der Waals surface area contributed by atoms with Crippen LogP contribution in [0.25, 0.3) is 0 Å². The highest BCUT2D eigenvalue weighted by Gasteiger charge is 2.05. The Hall–Kier alpha value is -3.84. The summed E-state index contributed by atoms with van der Waals surface area (Å²) < 4.78 is 10.9. The molecule has 32 heavy (non-hydrogen) atoms. The van der Waals surface area contributed by atoms with Crippen molar-refractivity contribution < 1.29 is 19.1 Å². The third-order valence-electron chi connectivity index (χ3n) is 4.19. The first kappa shape index (κ1) is 22.8. The molecule has 8 heteroatoms. The number of hydrogen-bond donors (Lipinski definition) is 2. The molecule has 2 N–H and O–H groups in total. The molecule has 0 aliphatic rings. The Morgan fingerprint density at radius 2 is 1.53 bits per heavy atom. The molecule has 0 fully saturated rings. The van der Waals surface area contributed by atoms with E-state index in [1.807, 2.05) is 6.92 Å². The van der Waals surface area contributed by atoms with E-state index in [1.165, 1.54) is 6.21 Å². The molecule has 0 bridgehead atoms. The summed E-state index contributed by atoms with van der Waals surface area (Å²) in [5, 5.41) is 7.25. The normalized spacial score (nSPS) is 10.6. The van der Waals surface area contributed by atoms with E-state index in [2.05, 4.69) is 15.8 Å². The Morgan fingerprint density at radius 1 is 0.906 bits per heavy atom. The highest BCUT2D eigenvalue weighted by molar-refractivity contribution is 6.30. The van der Waals surface area contributed by atoms with Gasteiger partial charge >= 0.3 is 0 Å². The van der Waals surface area contributed by atoms with Gasteiger partial charge in [0.1, 0.15) is 11.5 Å². The van der Waals surface area contributed by atoms with E-state index in [4.69, 9.17) is 21.1 Å². The van der Waals surface area contributed by atoms with Crippen molar-refractivity contribution in [2.45, 2.75) is 6.92 Å². The lowest BCUT2D eigenvalue weighted by atomic mass is 10.2. The number of anilines is 1. The van der Waals surface area contributed by atoms with Crippen LogP contribution in [0.3, 0.4) is 0 Å². The number of hydrazone groups is 1. The average molecular weight is 452 g/mol. The third kappa shape index (κ3) is 7.14. The summed E-state index contributed by atoms with van der Waals surface area (Å²) in [6.45, 7) is 2.37. The number of halogens is 1. The highest BCUT2D eigenvalue weighted by Crippen LogP contribution is 2.16. The first-order chi connectivity index (χ1) is 15.5. The molecule has 3 aromatic rings. The second-order valence-corrected chi connectivity index (χ2v) is 7.01. The van der Waals surface area contributed by atoms with Gasteiger partial charge in [-0.15, -0.1) is 0 Å². The number of hydrogen-bond acceptors (Lipinski definition) is 5. The number of carbonyl (C=O) groups excluding carboxylic acids is 2. The van der Waals surface area contributed by atoms with Crippen molar-refractivity contribution in [2.75, 3.05) is 18.5 Å². The molecule has 0 aliphatic heterocycles. The molecule has 7 nitrogen and oxygen atoms in total. The lowest BCUT2D eigenvalue weighted by Gasteiger charge is -2.08. The number of nitrogens with zero attached hydrogens (tertiary/aromatic N) is 1. The van der Waals surface area contributed by atoms with Gasteiger partial charge in [-0.25, -0.2) is 5.43 Å². The van der Waals surface area contributed by atoms with Crippen LogP contribution in [0.1, 0.15) is 22.8 Å². The molecule has 0 radical (unpaired) electrons. The van der Waals surface area contributed by atoms with Crippen LogP contribution < -0.4 is 20.2 Å². The van der Waals surface area contributed by atoms with Crippen LogP contribution in [-0.4, -0.2) is 31.2 Å². The Kier molecular flexibility index (Phi) is 8.22. The standard InChI is InChI=1S/C24H22ClN3O4/c1-2-31-21-13-9-20(10-14-21)27-23(29)16-32-22-11-3-17(4-12-22)15-26-28-24(30)18-5-7-19(25)8-6-18/h3-15H,2,16H2,1H3,(H,27,29)(H,28,30)/b26-15-. The minimum Gasteiger partial charge on any atom is -0.494 e. The first-order valence-corrected chi connectivity index (χ1v) is 10.3. The summed E-state index contributed by atoms with van der Waals surface area (Å²) >= 11 is 5.81. The van der Waals surface area contributed by atoms with E-state index in [9.17, 15) is 9.59 Å². The minimum atomic E-state index is -0.337. The molecule has 0 spiro atoms. The number of amides is 2. The zero-order chi connectivity index (χ0) is 22.8. The van der Waals surface area contributed by atoms with Gasteiger partial charge in [0.05, 0.1) is 12.8 Å². The number of carbonyl (C=O) groups is 2. The van der Waals surface area contributed by atoms with Crippen LogP contribution in [-0.2, 0) is 4.79 Å². The zero-order valence-corrected chi connectivity index (χ0v) is 18.1. The lowest BCUT2D eigenvalue weighted by molar-refractivity contribution is -0.118. The molecule has 3 aromatic carbocycles. The molecule has 0 heterocycles. The molecular weight excluding hydrogens is 430 g/mol. The number of rotatable bonds is 9. The predicted molar refractivity (Wildman–Crippen MR) is 125 cm³/mol. The molecule has 3 rings (SSSR count). The molecule has 0 aromatic heterocycles. The van der Waals surface area contributed by atoms with E-state index in [-0.39, 0.29) is 18.4 Å². The Balaban J connectivity index is 1.43. The van der Waals surface area contributed by atoms with E-state index in [1.54, 1.807) is 72.8 Å². The van der Waals surface area contributed by atoms with Gasteiger partial charge in [0.15, 0.2) is 6.61 Å². The maximum absolute atomic E-state index is 12.1. The predicted octanol–water partition coefficient (Wildman–Crippen LogP) is 4.52. The van der Waals surface area contributed by atoms with Gasteiger partial charge in [-0.2, -0.15) is 5.10 Å². The van der Waals surface area contributed by atoms with Gasteiger partial charge in [-0.1, -0.05) is 11.6 Å².